The van der Waals surface area contributed by atoms with E-state index in [9.17, 15) is 9.59 Å². The maximum absolute atomic E-state index is 11.4. The molecule has 0 atom stereocenters. The van der Waals surface area contributed by atoms with Gasteiger partial charge in [-0.25, -0.2) is 9.59 Å². The number of nitrogen functional groups attached to an aromatic ring is 1. The second-order valence-corrected chi connectivity index (χ2v) is 5.26. The number of carboxylic acids is 1. The van der Waals surface area contributed by atoms with Gasteiger partial charge in [0.05, 0.1) is 12.1 Å². The molecule has 21 heavy (non-hydrogen) atoms. The fraction of sp³-hybridized carbons (Fsp3) is 0.333. The van der Waals surface area contributed by atoms with Gasteiger partial charge in [0, 0.05) is 11.3 Å². The highest BCUT2D eigenvalue weighted by molar-refractivity contribution is 5.93. The molecule has 0 bridgehead atoms. The molecule has 0 saturated heterocycles. The lowest BCUT2D eigenvalue weighted by molar-refractivity contribution is 0.0534. The summed E-state index contributed by atoms with van der Waals surface area (Å²) in [5.74, 6) is 4.42. The van der Waals surface area contributed by atoms with Crippen molar-refractivity contribution >= 4 is 17.7 Å². The van der Waals surface area contributed by atoms with Crippen molar-refractivity contribution in [1.82, 2.24) is 5.32 Å². The van der Waals surface area contributed by atoms with Crippen LogP contribution in [0.1, 0.15) is 36.7 Å². The first-order valence-corrected chi connectivity index (χ1v) is 6.27. The molecule has 0 spiro atoms. The number of anilines is 1. The number of ether oxygens (including phenoxy) is 1. The predicted octanol–water partition coefficient (Wildman–Crippen LogP) is 1.84. The number of carbonyl (C=O) groups is 2. The summed E-state index contributed by atoms with van der Waals surface area (Å²) < 4.78 is 5.05. The number of rotatable bonds is 2. The quantitative estimate of drug-likeness (QED) is 0.570. The van der Waals surface area contributed by atoms with Gasteiger partial charge in [0.25, 0.3) is 0 Å². The van der Waals surface area contributed by atoms with Crippen LogP contribution in [0.15, 0.2) is 18.2 Å². The summed E-state index contributed by atoms with van der Waals surface area (Å²) >= 11 is 0. The van der Waals surface area contributed by atoms with Gasteiger partial charge in [-0.05, 0) is 39.0 Å². The molecule has 1 aromatic rings. The Labute approximate surface area is 123 Å². The van der Waals surface area contributed by atoms with E-state index in [1.54, 1.807) is 26.8 Å². The number of nitrogens with two attached hydrogens (primary N) is 1. The van der Waals surface area contributed by atoms with Crippen molar-refractivity contribution in [3.63, 3.8) is 0 Å². The summed E-state index contributed by atoms with van der Waals surface area (Å²) in [4.78, 5) is 22.2. The van der Waals surface area contributed by atoms with Crippen molar-refractivity contribution in [2.24, 2.45) is 0 Å². The number of alkyl carbamates (subject to hydrolysis) is 1. The van der Waals surface area contributed by atoms with E-state index < -0.39 is 17.7 Å². The Bertz CT molecular complexity index is 606. The number of benzene rings is 1. The van der Waals surface area contributed by atoms with E-state index in [0.717, 1.165) is 0 Å². The average molecular weight is 290 g/mol. The van der Waals surface area contributed by atoms with Crippen LogP contribution in [-0.2, 0) is 4.74 Å². The molecule has 0 aliphatic rings. The Morgan fingerprint density at radius 1 is 1.38 bits per heavy atom. The Morgan fingerprint density at radius 2 is 2.05 bits per heavy atom. The van der Waals surface area contributed by atoms with Crippen LogP contribution >= 0.6 is 0 Å². The number of hydrogen-bond donors (Lipinski definition) is 3. The van der Waals surface area contributed by atoms with Gasteiger partial charge in [0.2, 0.25) is 0 Å². The molecule has 1 rings (SSSR count). The highest BCUT2D eigenvalue weighted by Crippen LogP contribution is 2.13. The molecule has 0 radical (unpaired) electrons. The van der Waals surface area contributed by atoms with Crippen molar-refractivity contribution in [2.45, 2.75) is 26.4 Å². The Hall–Kier alpha value is -2.68. The van der Waals surface area contributed by atoms with E-state index in [1.807, 2.05) is 0 Å². The van der Waals surface area contributed by atoms with Gasteiger partial charge in [-0.3, -0.25) is 0 Å². The van der Waals surface area contributed by atoms with Gasteiger partial charge in [-0.2, -0.15) is 0 Å². The smallest absolute Gasteiger partial charge is 0.408 e. The van der Waals surface area contributed by atoms with Gasteiger partial charge in [-0.15, -0.1) is 0 Å². The third-order valence-electron chi connectivity index (χ3n) is 2.23. The third-order valence-corrected chi connectivity index (χ3v) is 2.23. The number of nitrogens with one attached hydrogen (secondary N) is 1. The largest absolute Gasteiger partial charge is 0.478 e. The molecule has 0 heterocycles. The molecule has 0 aromatic heterocycles. The zero-order chi connectivity index (χ0) is 16.0. The molecule has 1 aromatic carbocycles. The number of carboxylic acid groups (broad SMARTS) is 1. The summed E-state index contributed by atoms with van der Waals surface area (Å²) in [6, 6.07) is 4.42. The van der Waals surface area contributed by atoms with Crippen molar-refractivity contribution in [1.29, 1.82) is 0 Å². The van der Waals surface area contributed by atoms with Crippen molar-refractivity contribution in [3.05, 3.63) is 29.3 Å². The Morgan fingerprint density at radius 3 is 2.57 bits per heavy atom. The highest BCUT2D eigenvalue weighted by Gasteiger charge is 2.15. The number of carbonyl (C=O) groups excluding carboxylic acids is 1. The lowest BCUT2D eigenvalue weighted by Crippen LogP contribution is -2.32. The van der Waals surface area contributed by atoms with Crippen LogP contribution in [0.2, 0.25) is 0 Å². The fourth-order valence-corrected chi connectivity index (χ4v) is 1.41. The van der Waals surface area contributed by atoms with Crippen LogP contribution in [0, 0.1) is 11.8 Å². The first-order valence-electron chi connectivity index (χ1n) is 6.27. The monoisotopic (exact) mass is 290 g/mol. The summed E-state index contributed by atoms with van der Waals surface area (Å²) in [5, 5.41) is 11.3. The van der Waals surface area contributed by atoms with Crippen molar-refractivity contribution < 1.29 is 19.4 Å². The van der Waals surface area contributed by atoms with Crippen LogP contribution < -0.4 is 11.1 Å². The molecule has 6 nitrogen and oxygen atoms in total. The van der Waals surface area contributed by atoms with E-state index in [4.69, 9.17) is 15.6 Å². The molecule has 6 heteroatoms. The lowest BCUT2D eigenvalue weighted by Gasteiger charge is -2.19. The van der Waals surface area contributed by atoms with E-state index in [-0.39, 0.29) is 17.8 Å². The number of amides is 1. The molecule has 0 aliphatic heterocycles. The minimum Gasteiger partial charge on any atom is -0.478 e. The average Bonchev–Trinajstić information content (AvgIpc) is 2.32. The van der Waals surface area contributed by atoms with Gasteiger partial charge in [0.15, 0.2) is 0 Å². The molecule has 0 fully saturated rings. The lowest BCUT2D eigenvalue weighted by atomic mass is 10.1. The molecular formula is C15H18N2O4. The SMILES string of the molecule is CC(C)(C)OC(=O)NCC#Cc1ccc(C(=O)O)c(N)c1. The van der Waals surface area contributed by atoms with Gasteiger partial charge >= 0.3 is 12.1 Å². The Kier molecular flexibility index (Phi) is 5.19. The zero-order valence-electron chi connectivity index (χ0n) is 12.2. The first kappa shape index (κ1) is 16.4. The normalized spacial score (nSPS) is 10.2. The van der Waals surface area contributed by atoms with Crippen LogP contribution in [0.3, 0.4) is 0 Å². The second kappa shape index (κ2) is 6.66. The van der Waals surface area contributed by atoms with E-state index in [1.165, 1.54) is 12.1 Å². The van der Waals surface area contributed by atoms with Gasteiger partial charge in [-0.1, -0.05) is 11.8 Å². The van der Waals surface area contributed by atoms with Crippen LogP contribution in [0.5, 0.6) is 0 Å². The predicted molar refractivity (Wildman–Crippen MR) is 78.9 cm³/mol. The topological polar surface area (TPSA) is 102 Å². The number of aromatic carboxylic acids is 1. The van der Waals surface area contributed by atoms with E-state index in [0.29, 0.717) is 5.56 Å². The minimum absolute atomic E-state index is 0.0347. The molecule has 112 valence electrons. The summed E-state index contributed by atoms with van der Waals surface area (Å²) in [6.45, 7) is 5.43. The van der Waals surface area contributed by atoms with Gasteiger partial charge < -0.3 is 20.9 Å². The summed E-state index contributed by atoms with van der Waals surface area (Å²) in [5.41, 5.74) is 5.80. The molecular weight excluding hydrogens is 272 g/mol. The van der Waals surface area contributed by atoms with Crippen molar-refractivity contribution in [2.75, 3.05) is 12.3 Å². The third kappa shape index (κ3) is 5.87. The Balaban J connectivity index is 2.58. The zero-order valence-corrected chi connectivity index (χ0v) is 12.2. The standard InChI is InChI=1S/C15H18N2O4/c1-15(2,3)21-14(20)17-8-4-5-10-6-7-11(13(18)19)12(16)9-10/h6-7,9H,8,16H2,1-3H3,(H,17,20)(H,18,19). The highest BCUT2D eigenvalue weighted by atomic mass is 16.6. The molecule has 4 N–H and O–H groups in total. The van der Waals surface area contributed by atoms with Gasteiger partial charge in [0.1, 0.15) is 5.60 Å². The van der Waals surface area contributed by atoms with Crippen LogP contribution in [0.4, 0.5) is 10.5 Å². The second-order valence-electron chi connectivity index (χ2n) is 5.26. The van der Waals surface area contributed by atoms with Crippen molar-refractivity contribution in [3.8, 4) is 11.8 Å². The van der Waals surface area contributed by atoms with E-state index in [2.05, 4.69) is 17.2 Å². The molecule has 0 saturated carbocycles. The summed E-state index contributed by atoms with van der Waals surface area (Å²) in [7, 11) is 0. The molecule has 0 unspecified atom stereocenters. The first-order chi connectivity index (χ1) is 9.69. The fourth-order valence-electron chi connectivity index (χ4n) is 1.41. The summed E-state index contributed by atoms with van der Waals surface area (Å²) in [6.07, 6.45) is -0.544. The molecule has 1 amide bonds. The van der Waals surface area contributed by atoms with Crippen LogP contribution in [0.25, 0.3) is 0 Å². The van der Waals surface area contributed by atoms with E-state index >= 15 is 0 Å². The molecule has 0 aliphatic carbocycles. The minimum atomic E-state index is -1.08. The maximum atomic E-state index is 11.4. The van der Waals surface area contributed by atoms with Crippen LogP contribution in [-0.4, -0.2) is 29.3 Å². The maximum Gasteiger partial charge on any atom is 0.408 e. The number of hydrogen-bond acceptors (Lipinski definition) is 4.